The largest absolute Gasteiger partial charge is 0.368 e. The molecule has 0 fully saturated rings. The Balaban J connectivity index is 1.37. The molecule has 1 amide bonds. The van der Waals surface area contributed by atoms with E-state index in [4.69, 9.17) is 0 Å². The fraction of sp³-hybridized carbons (Fsp3) is 0.0909. The van der Waals surface area contributed by atoms with Crippen LogP contribution in [0.25, 0.3) is 21.7 Å². The minimum absolute atomic E-state index is 0.0601. The van der Waals surface area contributed by atoms with Crippen LogP contribution in [0.2, 0.25) is 0 Å². The molecule has 4 rings (SSSR count). The molecule has 4 aromatic rings. The molecule has 0 atom stereocenters. The number of fused-ring (bicyclic) bond motifs is 2. The summed E-state index contributed by atoms with van der Waals surface area (Å²) in [5.41, 5.74) is 1.66. The highest BCUT2D eigenvalue weighted by molar-refractivity contribution is 6.07. The Labute approximate surface area is 151 Å². The Morgan fingerprint density at radius 1 is 0.769 bits per heavy atom. The van der Waals surface area contributed by atoms with Gasteiger partial charge in [-0.25, -0.2) is 4.98 Å². The van der Waals surface area contributed by atoms with E-state index in [2.05, 4.69) is 15.6 Å². The van der Waals surface area contributed by atoms with Gasteiger partial charge in [-0.1, -0.05) is 54.6 Å². The van der Waals surface area contributed by atoms with Gasteiger partial charge in [0.2, 0.25) is 0 Å². The summed E-state index contributed by atoms with van der Waals surface area (Å²) in [6.45, 7) is 1.14. The Morgan fingerprint density at radius 3 is 2.46 bits per heavy atom. The van der Waals surface area contributed by atoms with Crippen LogP contribution in [0, 0.1) is 0 Å². The highest BCUT2D eigenvalue weighted by Gasteiger charge is 2.08. The zero-order valence-corrected chi connectivity index (χ0v) is 14.3. The van der Waals surface area contributed by atoms with Crippen molar-refractivity contribution in [3.63, 3.8) is 0 Å². The number of carbonyl (C=O) groups is 1. The van der Waals surface area contributed by atoms with Crippen LogP contribution < -0.4 is 10.6 Å². The molecule has 26 heavy (non-hydrogen) atoms. The molecular weight excluding hydrogens is 322 g/mol. The van der Waals surface area contributed by atoms with Crippen LogP contribution in [0.1, 0.15) is 10.4 Å². The van der Waals surface area contributed by atoms with E-state index in [0.29, 0.717) is 18.7 Å². The maximum Gasteiger partial charge on any atom is 0.251 e. The molecule has 0 aliphatic heterocycles. The summed E-state index contributed by atoms with van der Waals surface area (Å²) in [7, 11) is 0. The van der Waals surface area contributed by atoms with Gasteiger partial charge in [0.25, 0.3) is 5.91 Å². The second-order valence-electron chi connectivity index (χ2n) is 6.10. The molecule has 0 saturated carbocycles. The number of benzene rings is 3. The lowest BCUT2D eigenvalue weighted by Gasteiger charge is -2.10. The number of hydrogen-bond acceptors (Lipinski definition) is 3. The van der Waals surface area contributed by atoms with Gasteiger partial charge in [0.1, 0.15) is 5.82 Å². The fourth-order valence-electron chi connectivity index (χ4n) is 3.05. The van der Waals surface area contributed by atoms with Gasteiger partial charge >= 0.3 is 0 Å². The third kappa shape index (κ3) is 3.35. The molecule has 4 nitrogen and oxygen atoms in total. The highest BCUT2D eigenvalue weighted by atomic mass is 16.1. The molecule has 0 radical (unpaired) electrons. The molecule has 0 unspecified atom stereocenters. The van der Waals surface area contributed by atoms with E-state index in [1.807, 2.05) is 78.9 Å². The average molecular weight is 341 g/mol. The first kappa shape index (κ1) is 16.1. The molecule has 0 saturated heterocycles. The van der Waals surface area contributed by atoms with Gasteiger partial charge in [0.15, 0.2) is 0 Å². The SMILES string of the molecule is O=C(NCCNc1ccc2ccccc2n1)c1cccc2ccccc12. The molecule has 2 N–H and O–H groups in total. The van der Waals surface area contributed by atoms with Crippen molar-refractivity contribution < 1.29 is 4.79 Å². The monoisotopic (exact) mass is 341 g/mol. The van der Waals surface area contributed by atoms with Gasteiger partial charge in [-0.05, 0) is 35.0 Å². The molecule has 128 valence electrons. The van der Waals surface area contributed by atoms with E-state index < -0.39 is 0 Å². The summed E-state index contributed by atoms with van der Waals surface area (Å²) in [5.74, 6) is 0.748. The van der Waals surface area contributed by atoms with E-state index in [1.165, 1.54) is 0 Å². The van der Waals surface area contributed by atoms with Crippen LogP contribution >= 0.6 is 0 Å². The van der Waals surface area contributed by atoms with Crippen LogP contribution in [0.4, 0.5) is 5.82 Å². The van der Waals surface area contributed by atoms with Crippen molar-refractivity contribution in [2.45, 2.75) is 0 Å². The predicted molar refractivity (Wildman–Crippen MR) is 107 cm³/mol. The zero-order valence-electron chi connectivity index (χ0n) is 14.3. The number of aromatic nitrogens is 1. The lowest BCUT2D eigenvalue weighted by atomic mass is 10.0. The number of hydrogen-bond donors (Lipinski definition) is 2. The van der Waals surface area contributed by atoms with Gasteiger partial charge < -0.3 is 10.6 Å². The first-order valence-corrected chi connectivity index (χ1v) is 8.67. The fourth-order valence-corrected chi connectivity index (χ4v) is 3.05. The third-order valence-electron chi connectivity index (χ3n) is 4.35. The van der Waals surface area contributed by atoms with Crippen molar-refractivity contribution in [1.29, 1.82) is 0 Å². The van der Waals surface area contributed by atoms with E-state index in [1.54, 1.807) is 0 Å². The minimum Gasteiger partial charge on any atom is -0.368 e. The normalized spacial score (nSPS) is 10.8. The Kier molecular flexibility index (Phi) is 4.48. The number of nitrogens with one attached hydrogen (secondary N) is 2. The van der Waals surface area contributed by atoms with Crippen molar-refractivity contribution in [1.82, 2.24) is 10.3 Å². The number of nitrogens with zero attached hydrogens (tertiary/aromatic N) is 1. The maximum absolute atomic E-state index is 12.5. The van der Waals surface area contributed by atoms with Crippen molar-refractivity contribution >= 4 is 33.4 Å². The topological polar surface area (TPSA) is 54.0 Å². The van der Waals surface area contributed by atoms with Gasteiger partial charge in [-0.15, -0.1) is 0 Å². The molecule has 4 heteroatoms. The van der Waals surface area contributed by atoms with Crippen molar-refractivity contribution in [3.05, 3.63) is 84.4 Å². The first-order valence-electron chi connectivity index (χ1n) is 8.67. The lowest BCUT2D eigenvalue weighted by Crippen LogP contribution is -2.29. The molecule has 1 aromatic heterocycles. The second kappa shape index (κ2) is 7.23. The van der Waals surface area contributed by atoms with Crippen LogP contribution in [-0.2, 0) is 0 Å². The zero-order chi connectivity index (χ0) is 17.8. The smallest absolute Gasteiger partial charge is 0.251 e. The number of anilines is 1. The standard InChI is InChI=1S/C22H19N3O/c26-22(19-10-5-8-16-6-1-3-9-18(16)19)24-15-14-23-21-13-12-17-7-2-4-11-20(17)25-21/h1-13H,14-15H2,(H,23,25)(H,24,26). The summed E-state index contributed by atoms with van der Waals surface area (Å²) in [6.07, 6.45) is 0. The third-order valence-corrected chi connectivity index (χ3v) is 4.35. The van der Waals surface area contributed by atoms with Gasteiger partial charge in [-0.3, -0.25) is 4.79 Å². The van der Waals surface area contributed by atoms with Crippen LogP contribution in [0.5, 0.6) is 0 Å². The van der Waals surface area contributed by atoms with Crippen molar-refractivity contribution in [2.75, 3.05) is 18.4 Å². The summed E-state index contributed by atoms with van der Waals surface area (Å²) < 4.78 is 0. The van der Waals surface area contributed by atoms with Gasteiger partial charge in [0.05, 0.1) is 5.52 Å². The number of pyridine rings is 1. The van der Waals surface area contributed by atoms with Crippen LogP contribution in [0.15, 0.2) is 78.9 Å². The van der Waals surface area contributed by atoms with Gasteiger partial charge in [0, 0.05) is 24.0 Å². The Morgan fingerprint density at radius 2 is 1.54 bits per heavy atom. The molecule has 1 heterocycles. The number of amides is 1. The van der Waals surface area contributed by atoms with E-state index in [9.17, 15) is 4.79 Å². The molecule has 0 bridgehead atoms. The van der Waals surface area contributed by atoms with E-state index >= 15 is 0 Å². The molecule has 0 aliphatic carbocycles. The lowest BCUT2D eigenvalue weighted by molar-refractivity contribution is 0.0957. The highest BCUT2D eigenvalue weighted by Crippen LogP contribution is 2.18. The predicted octanol–water partition coefficient (Wildman–Crippen LogP) is 4.23. The second-order valence-corrected chi connectivity index (χ2v) is 6.10. The van der Waals surface area contributed by atoms with Crippen LogP contribution in [0.3, 0.4) is 0 Å². The molecule has 0 spiro atoms. The van der Waals surface area contributed by atoms with Crippen molar-refractivity contribution in [2.24, 2.45) is 0 Å². The first-order chi connectivity index (χ1) is 12.8. The summed E-state index contributed by atoms with van der Waals surface area (Å²) >= 11 is 0. The number of para-hydroxylation sites is 1. The van der Waals surface area contributed by atoms with Gasteiger partial charge in [-0.2, -0.15) is 0 Å². The Hall–Kier alpha value is -3.40. The average Bonchev–Trinajstić information content (AvgIpc) is 2.70. The molecule has 3 aromatic carbocycles. The summed E-state index contributed by atoms with van der Waals surface area (Å²) in [4.78, 5) is 17.1. The minimum atomic E-state index is -0.0601. The maximum atomic E-state index is 12.5. The van der Waals surface area contributed by atoms with E-state index in [-0.39, 0.29) is 5.91 Å². The summed E-state index contributed by atoms with van der Waals surface area (Å²) in [5, 5.41) is 9.37. The Bertz CT molecular complexity index is 1070. The molecular formula is C22H19N3O. The quantitative estimate of drug-likeness (QED) is 0.534. The summed E-state index contributed by atoms with van der Waals surface area (Å²) in [6, 6.07) is 25.7. The van der Waals surface area contributed by atoms with Crippen LogP contribution in [-0.4, -0.2) is 24.0 Å². The van der Waals surface area contributed by atoms with Crippen molar-refractivity contribution in [3.8, 4) is 0 Å². The number of carbonyl (C=O) groups excluding carboxylic acids is 1. The number of rotatable bonds is 5. The molecule has 0 aliphatic rings. The van der Waals surface area contributed by atoms with E-state index in [0.717, 1.165) is 27.5 Å².